The van der Waals surface area contributed by atoms with E-state index >= 15 is 0 Å². The van der Waals surface area contributed by atoms with Crippen molar-refractivity contribution in [2.75, 3.05) is 71.4 Å². The Kier molecular flexibility index (Phi) is 31.2. The molecule has 1 saturated carbocycles. The number of primary amides is 1. The van der Waals surface area contributed by atoms with Crippen LogP contribution in [0.5, 0.6) is 0 Å². The van der Waals surface area contributed by atoms with Gasteiger partial charge < -0.3 is 67.7 Å². The number of hydrogen-bond acceptors (Lipinski definition) is 18. The highest BCUT2D eigenvalue weighted by Crippen LogP contribution is 2.36. The van der Waals surface area contributed by atoms with Crippen LogP contribution in [0.4, 0.5) is 0 Å². The van der Waals surface area contributed by atoms with Gasteiger partial charge in [0.15, 0.2) is 0 Å². The fourth-order valence-corrected chi connectivity index (χ4v) is 9.37. The first-order valence-corrected chi connectivity index (χ1v) is 27.2. The number of likely N-dealkylation sites (tertiary alicyclic amines) is 1. The van der Waals surface area contributed by atoms with Gasteiger partial charge in [-0.25, -0.2) is 0 Å². The van der Waals surface area contributed by atoms with Crippen molar-refractivity contribution < 1.29 is 85.7 Å². The van der Waals surface area contributed by atoms with Crippen LogP contribution in [-0.4, -0.2) is 168 Å². The summed E-state index contributed by atoms with van der Waals surface area (Å²) in [4.78, 5) is 130. The number of amides is 9. The summed E-state index contributed by atoms with van der Waals surface area (Å²) in [6.07, 6.45) is 2.51. The van der Waals surface area contributed by atoms with E-state index in [1.54, 1.807) is 6.92 Å². The minimum absolute atomic E-state index is 0.00816. The predicted molar refractivity (Wildman–Crippen MR) is 256 cm³/mol. The summed E-state index contributed by atoms with van der Waals surface area (Å²) in [7, 11) is -7.41. The number of hydrogen-bond donors (Lipinski definition) is 11. The molecule has 0 spiro atoms. The molecule has 1 aliphatic heterocycles. The molecule has 0 radical (unpaired) electrons. The summed E-state index contributed by atoms with van der Waals surface area (Å²) in [6.45, 7) is 4.19. The molecule has 9 amide bonds. The number of carbonyl (C=O) groups is 9. The van der Waals surface area contributed by atoms with Crippen molar-refractivity contribution in [1.29, 1.82) is 0 Å². The first-order valence-electron chi connectivity index (χ1n) is 23.6. The van der Waals surface area contributed by atoms with Gasteiger partial charge in [0, 0.05) is 89.5 Å². The van der Waals surface area contributed by atoms with Crippen LogP contribution >= 0.6 is 28.3 Å². The topological polar surface area (TPSA) is 413 Å². The number of nitrogens with two attached hydrogens (primary N) is 2. The van der Waals surface area contributed by atoms with Gasteiger partial charge in [0.2, 0.25) is 53.2 Å². The highest BCUT2D eigenvalue weighted by molar-refractivity contribution is 8.00. The van der Waals surface area contributed by atoms with Crippen LogP contribution in [0.3, 0.4) is 0 Å². The van der Waals surface area contributed by atoms with Crippen LogP contribution in [0.2, 0.25) is 0 Å². The van der Waals surface area contributed by atoms with Crippen LogP contribution in [-0.2, 0) is 70.8 Å². The zero-order valence-electron chi connectivity index (χ0n) is 40.0. The second-order valence-electron chi connectivity index (χ2n) is 16.7. The normalized spacial score (nSPS) is 19.4. The first-order chi connectivity index (χ1) is 33.7. The van der Waals surface area contributed by atoms with Crippen LogP contribution in [0, 0.1) is 11.8 Å². The fourth-order valence-electron chi connectivity index (χ4n) is 7.33. The van der Waals surface area contributed by atoms with E-state index in [2.05, 4.69) is 40.9 Å². The lowest BCUT2D eigenvalue weighted by atomic mass is 9.81. The molecule has 71 heavy (non-hydrogen) atoms. The average molecular weight is 1070 g/mol. The Morgan fingerprint density at radius 3 is 1.86 bits per heavy atom. The van der Waals surface area contributed by atoms with Crippen LogP contribution in [0.1, 0.15) is 96.8 Å². The molecule has 0 bridgehead atoms. The zero-order chi connectivity index (χ0) is 52.8. The number of unbranched alkanes of at least 4 members (excludes halogenated alkanes) is 1. The lowest BCUT2D eigenvalue weighted by molar-refractivity contribution is -0.277. The predicted octanol–water partition coefficient (Wildman–Crippen LogP) is -2.46. The number of nitrogens with one attached hydrogen (secondary N) is 6. The third kappa shape index (κ3) is 27.5. The number of nitrogens with zero attached hydrogens (tertiary/aromatic N) is 1. The molecule has 1 saturated heterocycles. The number of ether oxygens (including phenoxy) is 2. The van der Waals surface area contributed by atoms with Crippen molar-refractivity contribution in [3.05, 3.63) is 0 Å². The molecule has 2 aliphatic rings. The monoisotopic (exact) mass is 1070 g/mol. The van der Waals surface area contributed by atoms with Crippen molar-refractivity contribution in [3.63, 3.8) is 0 Å². The van der Waals surface area contributed by atoms with Crippen molar-refractivity contribution in [2.24, 2.45) is 23.3 Å². The molecule has 3 unspecified atom stereocenters. The first kappa shape index (κ1) is 63.0. The molecule has 13 N–H and O–H groups in total. The Bertz CT molecular complexity index is 1800. The third-order valence-corrected chi connectivity index (χ3v) is 13.4. The van der Waals surface area contributed by atoms with Crippen molar-refractivity contribution in [3.8, 4) is 0 Å². The fraction of sp³-hybridized carbons (Fsp3) is 0.780. The quantitative estimate of drug-likeness (QED) is 0.0132. The molecule has 0 aromatic heterocycles. The molecule has 406 valence electrons. The van der Waals surface area contributed by atoms with E-state index in [0.717, 1.165) is 11.8 Å². The van der Waals surface area contributed by atoms with Crippen molar-refractivity contribution in [2.45, 2.75) is 120 Å². The van der Waals surface area contributed by atoms with Crippen LogP contribution in [0.15, 0.2) is 0 Å². The van der Waals surface area contributed by atoms with E-state index in [4.69, 9.17) is 30.7 Å². The molecular formula is C41H73N9O18P2S. The van der Waals surface area contributed by atoms with E-state index < -0.39 is 69.9 Å². The Balaban J connectivity index is 1.55. The van der Waals surface area contributed by atoms with E-state index in [0.29, 0.717) is 45.1 Å². The second kappa shape index (κ2) is 35.1. The Morgan fingerprint density at radius 1 is 0.761 bits per heavy atom. The molecule has 0 aromatic rings. The summed E-state index contributed by atoms with van der Waals surface area (Å²) in [6, 6.07) is -1.97. The Morgan fingerprint density at radius 2 is 1.31 bits per heavy atom. The Hall–Kier alpha value is -4.08. The Labute approximate surface area is 417 Å². The van der Waals surface area contributed by atoms with Gasteiger partial charge in [0.05, 0.1) is 37.7 Å². The van der Waals surface area contributed by atoms with Crippen molar-refractivity contribution >= 4 is 81.4 Å². The highest BCUT2D eigenvalue weighted by Gasteiger charge is 2.41. The maximum absolute atomic E-state index is 13.2. The molecule has 27 nitrogen and oxygen atoms in total. The van der Waals surface area contributed by atoms with Crippen molar-refractivity contribution in [1.82, 2.24) is 36.8 Å². The molecule has 30 heteroatoms. The van der Waals surface area contributed by atoms with Crippen LogP contribution < -0.4 is 43.4 Å². The molecule has 2 rings (SSSR count). The van der Waals surface area contributed by atoms with Gasteiger partial charge in [0.1, 0.15) is 6.04 Å². The number of thioether (sulfide) groups is 1. The zero-order valence-corrected chi connectivity index (χ0v) is 42.9. The maximum Gasteiger partial charge on any atom is 0.320 e. The number of carbonyl (C=O) groups excluding carboxylic acids is 9. The van der Waals surface area contributed by atoms with E-state index in [1.165, 1.54) is 4.90 Å². The summed E-state index contributed by atoms with van der Waals surface area (Å²) in [5, 5.41) is 25.2. The molecule has 1 heterocycles. The molecule has 2 fully saturated rings. The van der Waals surface area contributed by atoms with Gasteiger partial charge in [-0.2, -0.15) is 0 Å². The highest BCUT2D eigenvalue weighted by atomic mass is 32.2. The van der Waals surface area contributed by atoms with Gasteiger partial charge in [-0.15, -0.1) is 11.8 Å². The number of aliphatic hydroxyl groups is 1. The third-order valence-electron chi connectivity index (χ3n) is 11.1. The lowest BCUT2D eigenvalue weighted by Gasteiger charge is -2.30. The molecular weight excluding hydrogens is 1000 g/mol. The number of imide groups is 1. The average Bonchev–Trinajstić information content (AvgIpc) is 3.57. The maximum atomic E-state index is 13.2. The summed E-state index contributed by atoms with van der Waals surface area (Å²) < 4.78 is 41.4. The lowest BCUT2D eigenvalue weighted by Crippen LogP contribution is -2.45. The second-order valence-corrected chi connectivity index (χ2v) is 19.4. The summed E-state index contributed by atoms with van der Waals surface area (Å²) in [5.74, 6) is -6.64. The molecule has 0 aromatic carbocycles. The molecule has 5 atom stereocenters. The van der Waals surface area contributed by atoms with Gasteiger partial charge in [-0.1, -0.05) is 0 Å². The number of rotatable bonds is 38. The van der Waals surface area contributed by atoms with Gasteiger partial charge in [-0.3, -0.25) is 66.2 Å². The standard InChI is InChI=1S/C41H73N9O18P2S/c1-2-44-32(51)11-12-33(52)45-18-20-65-22-23-66-21-19-46-34(53)13-14-35(54)49-30(37(43)56)6-3-4-16-48-39(58)29(42)26-71-31-24-36(55)50(40(31)59)25-27-7-9-28(10-8-27)38(57)47-17-5-15-41(60,67-69(61)62)68-70(63)64/h27-31,60,69-70H,2-26,42H2,1H3,(H2,43,56)(H,44,51)(H,45,52)(H,46,53)(H,47,57)(H,48,58)(H,49,54)(H,61,62)(H,63,64)/t27?,28?,29-,30+,31?/m1/s1. The van der Waals surface area contributed by atoms with Gasteiger partial charge in [-0.05, 0) is 64.2 Å². The summed E-state index contributed by atoms with van der Waals surface area (Å²) in [5.41, 5.74) is 11.6. The van der Waals surface area contributed by atoms with E-state index in [-0.39, 0.29) is 151 Å². The van der Waals surface area contributed by atoms with E-state index in [9.17, 15) is 57.4 Å². The van der Waals surface area contributed by atoms with Gasteiger partial charge >= 0.3 is 16.5 Å². The smallest absolute Gasteiger partial charge is 0.320 e. The molecule has 1 aliphatic carbocycles. The van der Waals surface area contributed by atoms with Crippen LogP contribution in [0.25, 0.3) is 0 Å². The minimum Gasteiger partial charge on any atom is -0.377 e. The van der Waals surface area contributed by atoms with Gasteiger partial charge in [0.25, 0.3) is 5.97 Å². The SMILES string of the molecule is CCNC(=O)CCC(=O)NCCOCCOCCNC(=O)CCC(=O)N[C@@H](CCCCNC(=O)[C@H](N)CSC1CC(=O)N(CC2CCC(C(=O)NCCCC(O)(O[PH](=O)O)O[PH](=O)O)CC2)C1=O)C(N)=O. The summed E-state index contributed by atoms with van der Waals surface area (Å²) >= 11 is 1.12. The largest absolute Gasteiger partial charge is 0.377 e. The minimum atomic E-state index is -3.70. The van der Waals surface area contributed by atoms with E-state index in [1.807, 2.05) is 0 Å².